The summed E-state index contributed by atoms with van der Waals surface area (Å²) in [6, 6.07) is 8.88. The van der Waals surface area contributed by atoms with Gasteiger partial charge in [-0.05, 0) is 49.2 Å². The first kappa shape index (κ1) is 12.3. The quantitative estimate of drug-likeness (QED) is 0.930. The first-order chi connectivity index (χ1) is 9.76. The van der Waals surface area contributed by atoms with Crippen LogP contribution >= 0.6 is 0 Å². The van der Waals surface area contributed by atoms with E-state index in [0.29, 0.717) is 6.04 Å². The van der Waals surface area contributed by atoms with Gasteiger partial charge in [-0.15, -0.1) is 0 Å². The molecule has 1 saturated heterocycles. The van der Waals surface area contributed by atoms with Crippen LogP contribution < -0.4 is 0 Å². The SMILES string of the molecule is OC1(C2CCCN2Cc2cccc3cnccc23)CC1. The molecular formula is C17H20N2O. The zero-order valence-corrected chi connectivity index (χ0v) is 11.6. The maximum Gasteiger partial charge on any atom is 0.0804 e. The summed E-state index contributed by atoms with van der Waals surface area (Å²) in [5.74, 6) is 0. The summed E-state index contributed by atoms with van der Waals surface area (Å²) in [5, 5.41) is 12.9. The molecule has 2 aliphatic rings. The van der Waals surface area contributed by atoms with Gasteiger partial charge in [0, 0.05) is 30.4 Å². The Morgan fingerprint density at radius 3 is 3.05 bits per heavy atom. The first-order valence-electron chi connectivity index (χ1n) is 7.54. The molecule has 3 nitrogen and oxygen atoms in total. The molecule has 1 unspecified atom stereocenters. The fourth-order valence-electron chi connectivity index (χ4n) is 3.63. The fourth-order valence-corrected chi connectivity index (χ4v) is 3.63. The molecule has 1 aromatic heterocycles. The van der Waals surface area contributed by atoms with Gasteiger partial charge in [0.05, 0.1) is 5.60 Å². The van der Waals surface area contributed by atoms with Gasteiger partial charge in [0.15, 0.2) is 0 Å². The van der Waals surface area contributed by atoms with Gasteiger partial charge in [-0.25, -0.2) is 0 Å². The van der Waals surface area contributed by atoms with Crippen molar-refractivity contribution in [1.82, 2.24) is 9.88 Å². The van der Waals surface area contributed by atoms with E-state index in [-0.39, 0.29) is 5.60 Å². The van der Waals surface area contributed by atoms with Gasteiger partial charge in [-0.1, -0.05) is 18.2 Å². The predicted molar refractivity (Wildman–Crippen MR) is 79.4 cm³/mol. The predicted octanol–water partition coefficient (Wildman–Crippen LogP) is 2.72. The number of likely N-dealkylation sites (tertiary alicyclic amines) is 1. The lowest BCUT2D eigenvalue weighted by Crippen LogP contribution is -2.40. The lowest BCUT2D eigenvalue weighted by Gasteiger charge is -2.29. The van der Waals surface area contributed by atoms with Crippen molar-refractivity contribution in [2.75, 3.05) is 6.54 Å². The van der Waals surface area contributed by atoms with E-state index in [9.17, 15) is 5.11 Å². The summed E-state index contributed by atoms with van der Waals surface area (Å²) in [7, 11) is 0. The van der Waals surface area contributed by atoms with E-state index < -0.39 is 0 Å². The minimum atomic E-state index is -0.386. The van der Waals surface area contributed by atoms with Gasteiger partial charge in [0.1, 0.15) is 0 Å². The molecule has 2 fully saturated rings. The summed E-state index contributed by atoms with van der Waals surface area (Å²) in [5.41, 5.74) is 0.962. The van der Waals surface area contributed by atoms with Crippen LogP contribution in [0.15, 0.2) is 36.7 Å². The molecule has 0 bridgehead atoms. The van der Waals surface area contributed by atoms with E-state index >= 15 is 0 Å². The van der Waals surface area contributed by atoms with Crippen LogP contribution in [-0.4, -0.2) is 33.2 Å². The van der Waals surface area contributed by atoms with Crippen molar-refractivity contribution >= 4 is 10.8 Å². The van der Waals surface area contributed by atoms with Crippen molar-refractivity contribution in [1.29, 1.82) is 0 Å². The summed E-state index contributed by atoms with van der Waals surface area (Å²) >= 11 is 0. The molecule has 20 heavy (non-hydrogen) atoms. The van der Waals surface area contributed by atoms with Gasteiger partial charge >= 0.3 is 0 Å². The van der Waals surface area contributed by atoms with Gasteiger partial charge < -0.3 is 5.11 Å². The highest BCUT2D eigenvalue weighted by Crippen LogP contribution is 2.45. The smallest absolute Gasteiger partial charge is 0.0804 e. The second-order valence-electron chi connectivity index (χ2n) is 6.25. The third-order valence-electron chi connectivity index (χ3n) is 4.89. The number of benzene rings is 1. The van der Waals surface area contributed by atoms with E-state index in [2.05, 4.69) is 34.1 Å². The Morgan fingerprint density at radius 1 is 1.30 bits per heavy atom. The maximum atomic E-state index is 10.4. The zero-order chi connectivity index (χ0) is 13.6. The monoisotopic (exact) mass is 268 g/mol. The van der Waals surface area contributed by atoms with E-state index in [1.807, 2.05) is 12.4 Å². The minimum Gasteiger partial charge on any atom is -0.388 e. The molecule has 1 aliphatic carbocycles. The number of fused-ring (bicyclic) bond motifs is 1. The second-order valence-corrected chi connectivity index (χ2v) is 6.25. The van der Waals surface area contributed by atoms with Crippen molar-refractivity contribution in [3.63, 3.8) is 0 Å². The molecule has 104 valence electrons. The Labute approximate surface area is 119 Å². The molecule has 1 aliphatic heterocycles. The maximum absolute atomic E-state index is 10.4. The van der Waals surface area contributed by atoms with Gasteiger partial charge in [0.25, 0.3) is 0 Å². The number of hydrogen-bond donors (Lipinski definition) is 1. The normalized spacial score (nSPS) is 25.1. The highest BCUT2D eigenvalue weighted by atomic mass is 16.3. The van der Waals surface area contributed by atoms with Crippen molar-refractivity contribution in [2.45, 2.75) is 43.9 Å². The number of aromatic nitrogens is 1. The summed E-state index contributed by atoms with van der Waals surface area (Å²) < 4.78 is 0. The average Bonchev–Trinajstić information content (AvgIpc) is 3.04. The molecule has 2 heterocycles. The Morgan fingerprint density at radius 2 is 2.20 bits per heavy atom. The molecule has 2 aromatic rings. The molecule has 1 aromatic carbocycles. The van der Waals surface area contributed by atoms with E-state index in [4.69, 9.17) is 0 Å². The zero-order valence-electron chi connectivity index (χ0n) is 11.6. The van der Waals surface area contributed by atoms with Gasteiger partial charge in [-0.2, -0.15) is 0 Å². The fraction of sp³-hybridized carbons (Fsp3) is 0.471. The van der Waals surface area contributed by atoms with Gasteiger partial charge in [-0.3, -0.25) is 9.88 Å². The summed E-state index contributed by atoms with van der Waals surface area (Å²) in [6.45, 7) is 2.04. The van der Waals surface area contributed by atoms with Crippen LogP contribution in [0.1, 0.15) is 31.2 Å². The molecule has 0 spiro atoms. The van der Waals surface area contributed by atoms with Crippen molar-refractivity contribution in [3.05, 3.63) is 42.2 Å². The molecule has 1 N–H and O–H groups in total. The Hall–Kier alpha value is -1.45. The highest BCUT2D eigenvalue weighted by Gasteiger charge is 2.51. The van der Waals surface area contributed by atoms with Crippen LogP contribution in [0.4, 0.5) is 0 Å². The van der Waals surface area contributed by atoms with Crippen LogP contribution in [0.25, 0.3) is 10.8 Å². The molecule has 0 amide bonds. The summed E-state index contributed by atoms with van der Waals surface area (Å²) in [4.78, 5) is 6.67. The molecule has 4 rings (SSSR count). The number of rotatable bonds is 3. The van der Waals surface area contributed by atoms with Crippen LogP contribution in [-0.2, 0) is 6.54 Å². The van der Waals surface area contributed by atoms with E-state index in [1.54, 1.807) is 0 Å². The van der Waals surface area contributed by atoms with Crippen molar-refractivity contribution < 1.29 is 5.11 Å². The average molecular weight is 268 g/mol. The van der Waals surface area contributed by atoms with Crippen LogP contribution in [0.5, 0.6) is 0 Å². The van der Waals surface area contributed by atoms with Crippen molar-refractivity contribution in [3.8, 4) is 0 Å². The van der Waals surface area contributed by atoms with E-state index in [0.717, 1.165) is 32.4 Å². The Balaban J connectivity index is 1.64. The molecule has 0 radical (unpaired) electrons. The molecular weight excluding hydrogens is 248 g/mol. The van der Waals surface area contributed by atoms with Crippen LogP contribution in [0, 0.1) is 0 Å². The lowest BCUT2D eigenvalue weighted by atomic mass is 10.0. The Bertz CT molecular complexity index is 630. The third kappa shape index (κ3) is 2.02. The number of aliphatic hydroxyl groups is 1. The van der Waals surface area contributed by atoms with Crippen LogP contribution in [0.3, 0.4) is 0 Å². The highest BCUT2D eigenvalue weighted by molar-refractivity contribution is 5.84. The topological polar surface area (TPSA) is 36.4 Å². The van der Waals surface area contributed by atoms with Crippen LogP contribution in [0.2, 0.25) is 0 Å². The van der Waals surface area contributed by atoms with E-state index in [1.165, 1.54) is 22.8 Å². The number of nitrogens with zero attached hydrogens (tertiary/aromatic N) is 2. The minimum absolute atomic E-state index is 0.361. The van der Waals surface area contributed by atoms with Crippen molar-refractivity contribution in [2.24, 2.45) is 0 Å². The number of hydrogen-bond acceptors (Lipinski definition) is 3. The Kier molecular flexibility index (Phi) is 2.79. The largest absolute Gasteiger partial charge is 0.388 e. The standard InChI is InChI=1S/C17H20N2O/c20-17(7-8-17)16-5-2-10-19(16)12-14-4-1-3-13-11-18-9-6-15(13)14/h1,3-4,6,9,11,16,20H,2,5,7-8,10,12H2. The number of pyridine rings is 1. The first-order valence-corrected chi connectivity index (χ1v) is 7.54. The lowest BCUT2D eigenvalue weighted by molar-refractivity contribution is 0.0483. The second kappa shape index (κ2) is 4.54. The molecule has 1 saturated carbocycles. The molecule has 3 heteroatoms. The summed E-state index contributed by atoms with van der Waals surface area (Å²) in [6.07, 6.45) is 8.10. The molecule has 1 atom stereocenters. The van der Waals surface area contributed by atoms with Gasteiger partial charge in [0.2, 0.25) is 0 Å². The third-order valence-corrected chi connectivity index (χ3v) is 4.89.